The highest BCUT2D eigenvalue weighted by molar-refractivity contribution is 5.87. The summed E-state index contributed by atoms with van der Waals surface area (Å²) in [7, 11) is 1.68. The van der Waals surface area contributed by atoms with Gasteiger partial charge in [-0.05, 0) is 11.5 Å². The van der Waals surface area contributed by atoms with Crippen LogP contribution in [-0.4, -0.2) is 49.5 Å². The SMILES string of the molecule is CC(C)[C@H](N)C(=O)NCC(=O)N(C)CCOCc1ccccc1. The van der Waals surface area contributed by atoms with E-state index in [2.05, 4.69) is 5.32 Å². The van der Waals surface area contributed by atoms with Crippen LogP contribution in [0.25, 0.3) is 0 Å². The smallest absolute Gasteiger partial charge is 0.241 e. The summed E-state index contributed by atoms with van der Waals surface area (Å²) in [5.41, 5.74) is 6.81. The summed E-state index contributed by atoms with van der Waals surface area (Å²) in [6.45, 7) is 5.11. The van der Waals surface area contributed by atoms with Crippen LogP contribution < -0.4 is 11.1 Å². The number of nitrogens with one attached hydrogen (secondary N) is 1. The Morgan fingerprint density at radius 1 is 1.26 bits per heavy atom. The number of nitrogens with zero attached hydrogens (tertiary/aromatic N) is 1. The molecule has 2 amide bonds. The lowest BCUT2D eigenvalue weighted by Crippen LogP contribution is -2.47. The molecule has 0 aliphatic rings. The number of likely N-dealkylation sites (N-methyl/N-ethyl adjacent to an activating group) is 1. The van der Waals surface area contributed by atoms with E-state index in [1.165, 1.54) is 4.90 Å². The number of nitrogens with two attached hydrogens (primary N) is 1. The summed E-state index contributed by atoms with van der Waals surface area (Å²) in [5, 5.41) is 2.56. The van der Waals surface area contributed by atoms with Crippen LogP contribution >= 0.6 is 0 Å². The molecule has 1 rings (SSSR count). The van der Waals surface area contributed by atoms with Gasteiger partial charge in [-0.3, -0.25) is 9.59 Å². The molecule has 0 saturated heterocycles. The van der Waals surface area contributed by atoms with Crippen molar-refractivity contribution in [1.29, 1.82) is 0 Å². The Morgan fingerprint density at radius 2 is 1.91 bits per heavy atom. The first kappa shape index (κ1) is 19.1. The van der Waals surface area contributed by atoms with Crippen molar-refractivity contribution in [2.24, 2.45) is 11.7 Å². The summed E-state index contributed by atoms with van der Waals surface area (Å²) in [6.07, 6.45) is 0. The van der Waals surface area contributed by atoms with E-state index in [1.807, 2.05) is 44.2 Å². The standard InChI is InChI=1S/C17H27N3O3/c1-13(2)16(18)17(22)19-11-15(21)20(3)9-10-23-12-14-7-5-4-6-8-14/h4-8,13,16H,9-12,18H2,1-3H3,(H,19,22)/t16-/m0/s1. The van der Waals surface area contributed by atoms with E-state index < -0.39 is 6.04 Å². The predicted octanol–water partition coefficient (Wildman–Crippen LogP) is 0.761. The number of rotatable bonds is 9. The molecule has 0 radical (unpaired) electrons. The maximum Gasteiger partial charge on any atom is 0.241 e. The number of carbonyl (C=O) groups excluding carboxylic acids is 2. The Morgan fingerprint density at radius 3 is 2.52 bits per heavy atom. The number of benzene rings is 1. The first-order valence-corrected chi connectivity index (χ1v) is 7.80. The van der Waals surface area contributed by atoms with Crippen LogP contribution in [-0.2, 0) is 20.9 Å². The monoisotopic (exact) mass is 321 g/mol. The Balaban J connectivity index is 2.20. The maximum absolute atomic E-state index is 11.9. The molecule has 1 atom stereocenters. The van der Waals surface area contributed by atoms with Crippen LogP contribution in [0, 0.1) is 5.92 Å². The molecule has 1 aromatic rings. The summed E-state index contributed by atoms with van der Waals surface area (Å²) >= 11 is 0. The lowest BCUT2D eigenvalue weighted by Gasteiger charge is -2.19. The van der Waals surface area contributed by atoms with Gasteiger partial charge < -0.3 is 20.7 Å². The third-order valence-corrected chi connectivity index (χ3v) is 3.54. The van der Waals surface area contributed by atoms with Crippen LogP contribution in [0.15, 0.2) is 30.3 Å². The highest BCUT2D eigenvalue weighted by Gasteiger charge is 2.18. The number of hydrogen-bond donors (Lipinski definition) is 2. The largest absolute Gasteiger partial charge is 0.375 e. The minimum atomic E-state index is -0.595. The first-order chi connectivity index (χ1) is 10.9. The van der Waals surface area contributed by atoms with E-state index >= 15 is 0 Å². The van der Waals surface area contributed by atoms with Crippen molar-refractivity contribution in [3.05, 3.63) is 35.9 Å². The van der Waals surface area contributed by atoms with Gasteiger partial charge in [0, 0.05) is 13.6 Å². The van der Waals surface area contributed by atoms with Gasteiger partial charge in [0.25, 0.3) is 0 Å². The van der Waals surface area contributed by atoms with Crippen molar-refractivity contribution in [3.63, 3.8) is 0 Å². The average Bonchev–Trinajstić information content (AvgIpc) is 2.56. The summed E-state index contributed by atoms with van der Waals surface area (Å²) < 4.78 is 5.53. The summed E-state index contributed by atoms with van der Waals surface area (Å²) in [4.78, 5) is 25.2. The first-order valence-electron chi connectivity index (χ1n) is 7.80. The van der Waals surface area contributed by atoms with Gasteiger partial charge in [-0.25, -0.2) is 0 Å². The molecule has 1 aromatic carbocycles. The van der Waals surface area contributed by atoms with E-state index in [9.17, 15) is 9.59 Å². The van der Waals surface area contributed by atoms with Crippen LogP contribution in [0.3, 0.4) is 0 Å². The van der Waals surface area contributed by atoms with Crippen LogP contribution in [0.2, 0.25) is 0 Å². The maximum atomic E-state index is 11.9. The molecule has 0 spiro atoms. The summed E-state index contributed by atoms with van der Waals surface area (Å²) in [6, 6.07) is 9.25. The van der Waals surface area contributed by atoms with Crippen molar-refractivity contribution in [1.82, 2.24) is 10.2 Å². The molecule has 6 nitrogen and oxygen atoms in total. The van der Waals surface area contributed by atoms with Gasteiger partial charge in [-0.15, -0.1) is 0 Å². The molecule has 6 heteroatoms. The lowest BCUT2D eigenvalue weighted by molar-refractivity contribution is -0.132. The molecule has 0 bridgehead atoms. The fourth-order valence-electron chi connectivity index (χ4n) is 1.81. The molecule has 0 unspecified atom stereocenters. The van der Waals surface area contributed by atoms with E-state index in [0.717, 1.165) is 5.56 Å². The molecule has 0 aliphatic carbocycles. The highest BCUT2D eigenvalue weighted by Crippen LogP contribution is 2.00. The molecule has 128 valence electrons. The Kier molecular flexibility index (Phi) is 8.29. The topological polar surface area (TPSA) is 84.7 Å². The Labute approximate surface area is 138 Å². The number of hydrogen-bond acceptors (Lipinski definition) is 4. The van der Waals surface area contributed by atoms with E-state index in [4.69, 9.17) is 10.5 Å². The van der Waals surface area contributed by atoms with Crippen molar-refractivity contribution in [3.8, 4) is 0 Å². The quantitative estimate of drug-likeness (QED) is 0.658. The number of amides is 2. The van der Waals surface area contributed by atoms with Gasteiger partial charge in [0.2, 0.25) is 11.8 Å². The Bertz CT molecular complexity index is 491. The summed E-state index contributed by atoms with van der Waals surface area (Å²) in [5.74, 6) is -0.436. The predicted molar refractivity (Wildman–Crippen MR) is 89.6 cm³/mol. The fourth-order valence-corrected chi connectivity index (χ4v) is 1.81. The molecule has 23 heavy (non-hydrogen) atoms. The van der Waals surface area contributed by atoms with Gasteiger partial charge >= 0.3 is 0 Å². The van der Waals surface area contributed by atoms with Crippen molar-refractivity contribution < 1.29 is 14.3 Å². The Hall–Kier alpha value is -1.92. The van der Waals surface area contributed by atoms with E-state index in [-0.39, 0.29) is 24.3 Å². The highest BCUT2D eigenvalue weighted by atomic mass is 16.5. The van der Waals surface area contributed by atoms with Crippen LogP contribution in [0.1, 0.15) is 19.4 Å². The molecule has 0 heterocycles. The molecule has 0 aliphatic heterocycles. The number of ether oxygens (including phenoxy) is 1. The third kappa shape index (κ3) is 7.25. The van der Waals surface area contributed by atoms with Gasteiger partial charge in [0.1, 0.15) is 0 Å². The third-order valence-electron chi connectivity index (χ3n) is 3.54. The normalized spacial score (nSPS) is 12.0. The lowest BCUT2D eigenvalue weighted by atomic mass is 10.1. The second kappa shape index (κ2) is 9.97. The fraction of sp³-hybridized carbons (Fsp3) is 0.529. The van der Waals surface area contributed by atoms with Crippen molar-refractivity contribution >= 4 is 11.8 Å². The molecular formula is C17H27N3O3. The molecule has 0 saturated carbocycles. The van der Waals surface area contributed by atoms with Crippen molar-refractivity contribution in [2.45, 2.75) is 26.5 Å². The molecular weight excluding hydrogens is 294 g/mol. The van der Waals surface area contributed by atoms with E-state index in [1.54, 1.807) is 7.05 Å². The van der Waals surface area contributed by atoms with Gasteiger partial charge in [0.05, 0.1) is 25.8 Å². The zero-order chi connectivity index (χ0) is 17.2. The second-order valence-corrected chi connectivity index (χ2v) is 5.84. The van der Waals surface area contributed by atoms with E-state index in [0.29, 0.717) is 19.8 Å². The van der Waals surface area contributed by atoms with Gasteiger partial charge in [0.15, 0.2) is 0 Å². The molecule has 0 aromatic heterocycles. The molecule has 0 fully saturated rings. The van der Waals surface area contributed by atoms with Crippen molar-refractivity contribution in [2.75, 3.05) is 26.7 Å². The second-order valence-electron chi connectivity index (χ2n) is 5.84. The zero-order valence-corrected chi connectivity index (χ0v) is 14.1. The van der Waals surface area contributed by atoms with Gasteiger partial charge in [-0.1, -0.05) is 44.2 Å². The molecule has 3 N–H and O–H groups in total. The number of carbonyl (C=O) groups is 2. The van der Waals surface area contributed by atoms with Gasteiger partial charge in [-0.2, -0.15) is 0 Å². The van der Waals surface area contributed by atoms with Crippen LogP contribution in [0.5, 0.6) is 0 Å². The average molecular weight is 321 g/mol. The minimum Gasteiger partial charge on any atom is -0.375 e. The van der Waals surface area contributed by atoms with Crippen LogP contribution in [0.4, 0.5) is 0 Å². The minimum absolute atomic E-state index is 0.0363. The zero-order valence-electron chi connectivity index (χ0n) is 14.1.